The van der Waals surface area contributed by atoms with Gasteiger partial charge in [-0.3, -0.25) is 0 Å². The maximum atomic E-state index is 9.59. The van der Waals surface area contributed by atoms with Gasteiger partial charge in [0.05, 0.1) is 6.10 Å². The molecule has 2 rings (SSSR count). The van der Waals surface area contributed by atoms with Crippen molar-refractivity contribution < 1.29 is 5.11 Å². The lowest BCUT2D eigenvalue weighted by Crippen LogP contribution is -2.36. The monoisotopic (exact) mass is 211 g/mol. The molecule has 0 aromatic carbocycles. The summed E-state index contributed by atoms with van der Waals surface area (Å²) in [4.78, 5) is 0. The van der Waals surface area contributed by atoms with E-state index in [0.29, 0.717) is 6.04 Å². The van der Waals surface area contributed by atoms with Crippen LogP contribution in [0.2, 0.25) is 0 Å². The molecule has 0 saturated heterocycles. The Labute approximate surface area is 89.0 Å². The van der Waals surface area contributed by atoms with Gasteiger partial charge in [-0.15, -0.1) is 0 Å². The molecule has 3 heteroatoms. The Morgan fingerprint density at radius 3 is 3.07 bits per heavy atom. The van der Waals surface area contributed by atoms with E-state index in [-0.39, 0.29) is 6.10 Å². The van der Waals surface area contributed by atoms with Gasteiger partial charge in [-0.1, -0.05) is 0 Å². The van der Waals surface area contributed by atoms with Crippen LogP contribution in [-0.2, 0) is 6.42 Å². The second kappa shape index (κ2) is 4.91. The Kier molecular flexibility index (Phi) is 3.56. The highest BCUT2D eigenvalue weighted by Gasteiger charge is 2.23. The first kappa shape index (κ1) is 10.1. The summed E-state index contributed by atoms with van der Waals surface area (Å²) in [6.45, 7) is 0.985. The number of nitrogens with one attached hydrogen (secondary N) is 1. The summed E-state index contributed by atoms with van der Waals surface area (Å²) in [6.07, 6.45) is 4.22. The van der Waals surface area contributed by atoms with Gasteiger partial charge in [0.25, 0.3) is 0 Å². The second-order valence-electron chi connectivity index (χ2n) is 3.94. The zero-order valence-corrected chi connectivity index (χ0v) is 9.09. The molecule has 1 saturated carbocycles. The van der Waals surface area contributed by atoms with Gasteiger partial charge in [-0.25, -0.2) is 0 Å². The highest BCUT2D eigenvalue weighted by molar-refractivity contribution is 7.07. The van der Waals surface area contributed by atoms with Crippen LogP contribution < -0.4 is 5.32 Å². The smallest absolute Gasteiger partial charge is 0.0693 e. The third-order valence-corrected chi connectivity index (χ3v) is 3.61. The van der Waals surface area contributed by atoms with Gasteiger partial charge in [-0.05, 0) is 54.6 Å². The molecule has 1 aliphatic rings. The van der Waals surface area contributed by atoms with Gasteiger partial charge in [-0.2, -0.15) is 11.3 Å². The van der Waals surface area contributed by atoms with Crippen molar-refractivity contribution in [3.05, 3.63) is 22.4 Å². The Morgan fingerprint density at radius 1 is 1.50 bits per heavy atom. The van der Waals surface area contributed by atoms with E-state index in [9.17, 15) is 5.11 Å². The lowest BCUT2D eigenvalue weighted by molar-refractivity contribution is 0.149. The fourth-order valence-corrected chi connectivity index (χ4v) is 2.72. The van der Waals surface area contributed by atoms with Gasteiger partial charge in [0.1, 0.15) is 0 Å². The molecule has 14 heavy (non-hydrogen) atoms. The molecule has 1 aliphatic carbocycles. The van der Waals surface area contributed by atoms with E-state index in [1.165, 1.54) is 5.56 Å². The molecule has 2 atom stereocenters. The molecule has 1 aromatic heterocycles. The Bertz CT molecular complexity index is 260. The molecule has 1 heterocycles. The van der Waals surface area contributed by atoms with E-state index < -0.39 is 0 Å². The van der Waals surface area contributed by atoms with Gasteiger partial charge in [0.15, 0.2) is 0 Å². The zero-order valence-electron chi connectivity index (χ0n) is 8.28. The number of aliphatic hydroxyl groups is 1. The summed E-state index contributed by atoms with van der Waals surface area (Å²) >= 11 is 1.75. The molecule has 0 amide bonds. The van der Waals surface area contributed by atoms with Gasteiger partial charge in [0, 0.05) is 6.04 Å². The first-order valence-corrected chi connectivity index (χ1v) is 6.23. The first-order chi connectivity index (χ1) is 6.86. The third kappa shape index (κ3) is 2.56. The molecule has 1 fully saturated rings. The minimum absolute atomic E-state index is 0.113. The molecule has 1 aromatic rings. The SMILES string of the molecule is O[C@H]1CCC[C@@H]1NCCc1ccsc1. The largest absolute Gasteiger partial charge is 0.392 e. The quantitative estimate of drug-likeness (QED) is 0.796. The normalized spacial score (nSPS) is 26.9. The van der Waals surface area contributed by atoms with Crippen molar-refractivity contribution in [3.8, 4) is 0 Å². The van der Waals surface area contributed by atoms with Gasteiger partial charge in [0.2, 0.25) is 0 Å². The summed E-state index contributed by atoms with van der Waals surface area (Å²) in [5.41, 5.74) is 1.40. The lowest BCUT2D eigenvalue weighted by Gasteiger charge is -2.15. The summed E-state index contributed by atoms with van der Waals surface area (Å²) in [5, 5.41) is 17.3. The van der Waals surface area contributed by atoms with Crippen LogP contribution >= 0.6 is 11.3 Å². The maximum absolute atomic E-state index is 9.59. The minimum Gasteiger partial charge on any atom is -0.392 e. The molecule has 0 bridgehead atoms. The van der Waals surface area contributed by atoms with Crippen molar-refractivity contribution in [3.63, 3.8) is 0 Å². The number of hydrogen-bond donors (Lipinski definition) is 2. The fraction of sp³-hybridized carbons (Fsp3) is 0.636. The van der Waals surface area contributed by atoms with Crippen molar-refractivity contribution in [2.45, 2.75) is 37.8 Å². The van der Waals surface area contributed by atoms with E-state index in [1.54, 1.807) is 11.3 Å². The number of thiophene rings is 1. The van der Waals surface area contributed by atoms with E-state index in [1.807, 2.05) is 0 Å². The highest BCUT2D eigenvalue weighted by atomic mass is 32.1. The van der Waals surface area contributed by atoms with Crippen molar-refractivity contribution in [2.24, 2.45) is 0 Å². The van der Waals surface area contributed by atoms with Crippen LogP contribution in [0.5, 0.6) is 0 Å². The molecular formula is C11H17NOS. The summed E-state index contributed by atoms with van der Waals surface area (Å²) in [6, 6.07) is 2.51. The number of aliphatic hydroxyl groups excluding tert-OH is 1. The number of hydrogen-bond acceptors (Lipinski definition) is 3. The van der Waals surface area contributed by atoms with Gasteiger partial charge < -0.3 is 10.4 Å². The molecule has 2 N–H and O–H groups in total. The lowest BCUT2D eigenvalue weighted by atomic mass is 10.2. The van der Waals surface area contributed by atoms with E-state index >= 15 is 0 Å². The predicted molar refractivity (Wildman–Crippen MR) is 59.7 cm³/mol. The van der Waals surface area contributed by atoms with Crippen molar-refractivity contribution >= 4 is 11.3 Å². The molecule has 78 valence electrons. The Morgan fingerprint density at radius 2 is 2.43 bits per heavy atom. The van der Waals surface area contributed by atoms with Crippen molar-refractivity contribution in [1.82, 2.24) is 5.32 Å². The average Bonchev–Trinajstić information content (AvgIpc) is 2.78. The number of rotatable bonds is 4. The molecule has 0 aliphatic heterocycles. The van der Waals surface area contributed by atoms with Crippen LogP contribution in [0.1, 0.15) is 24.8 Å². The topological polar surface area (TPSA) is 32.3 Å². The van der Waals surface area contributed by atoms with E-state index in [4.69, 9.17) is 0 Å². The van der Waals surface area contributed by atoms with Crippen LogP contribution in [0.3, 0.4) is 0 Å². The average molecular weight is 211 g/mol. The summed E-state index contributed by atoms with van der Waals surface area (Å²) in [7, 11) is 0. The van der Waals surface area contributed by atoms with Crippen LogP contribution in [-0.4, -0.2) is 23.8 Å². The Hall–Kier alpha value is -0.380. The fourth-order valence-electron chi connectivity index (χ4n) is 2.02. The van der Waals surface area contributed by atoms with Crippen molar-refractivity contribution in [1.29, 1.82) is 0 Å². The van der Waals surface area contributed by atoms with E-state index in [0.717, 1.165) is 32.2 Å². The van der Waals surface area contributed by atoms with Crippen molar-refractivity contribution in [2.75, 3.05) is 6.54 Å². The van der Waals surface area contributed by atoms with Crippen LogP contribution in [0.15, 0.2) is 16.8 Å². The molecule has 0 unspecified atom stereocenters. The van der Waals surface area contributed by atoms with Crippen LogP contribution in [0, 0.1) is 0 Å². The standard InChI is InChI=1S/C11H17NOS/c13-11-3-1-2-10(11)12-6-4-9-5-7-14-8-9/h5,7-8,10-13H,1-4,6H2/t10-,11-/m0/s1. The predicted octanol–water partition coefficient (Wildman–Crippen LogP) is 1.79. The molecular weight excluding hydrogens is 194 g/mol. The maximum Gasteiger partial charge on any atom is 0.0693 e. The Balaban J connectivity index is 1.68. The first-order valence-electron chi connectivity index (χ1n) is 5.29. The van der Waals surface area contributed by atoms with Crippen LogP contribution in [0.4, 0.5) is 0 Å². The zero-order chi connectivity index (χ0) is 9.80. The van der Waals surface area contributed by atoms with Crippen LogP contribution in [0.25, 0.3) is 0 Å². The summed E-state index contributed by atoms with van der Waals surface area (Å²) < 4.78 is 0. The third-order valence-electron chi connectivity index (χ3n) is 2.88. The summed E-state index contributed by atoms with van der Waals surface area (Å²) in [5.74, 6) is 0. The highest BCUT2D eigenvalue weighted by Crippen LogP contribution is 2.18. The minimum atomic E-state index is -0.113. The van der Waals surface area contributed by atoms with Gasteiger partial charge >= 0.3 is 0 Å². The second-order valence-corrected chi connectivity index (χ2v) is 4.72. The molecule has 0 radical (unpaired) electrons. The molecule has 0 spiro atoms. The van der Waals surface area contributed by atoms with E-state index in [2.05, 4.69) is 22.1 Å². The molecule has 2 nitrogen and oxygen atoms in total.